The second-order valence-corrected chi connectivity index (χ2v) is 8.39. The zero-order valence-electron chi connectivity index (χ0n) is 11.7. The maximum atomic E-state index is 11.1. The molecule has 0 aliphatic heterocycles. The van der Waals surface area contributed by atoms with Crippen LogP contribution in [0.3, 0.4) is 0 Å². The number of aliphatic imine (C=N–C) groups is 1. The molecule has 0 aliphatic rings. The summed E-state index contributed by atoms with van der Waals surface area (Å²) in [7, 11) is -10.5. The quantitative estimate of drug-likeness (QED) is 0.0946. The summed E-state index contributed by atoms with van der Waals surface area (Å²) in [5.74, 6) is -0.342. The van der Waals surface area contributed by atoms with Crippen molar-refractivity contribution in [2.24, 2.45) is 10.7 Å². The Morgan fingerprint density at radius 2 is 1.67 bits per heavy atom. The van der Waals surface area contributed by atoms with Crippen molar-refractivity contribution in [3.8, 4) is 0 Å². The van der Waals surface area contributed by atoms with Crippen LogP contribution in [-0.4, -0.2) is 48.8 Å². The minimum absolute atomic E-state index is 0.335. The van der Waals surface area contributed by atoms with Crippen LogP contribution in [0.1, 0.15) is 32.6 Å². The fourth-order valence-electron chi connectivity index (χ4n) is 1.57. The van der Waals surface area contributed by atoms with E-state index in [1.165, 1.54) is 0 Å². The normalized spacial score (nSPS) is 15.3. The van der Waals surface area contributed by atoms with Gasteiger partial charge in [0, 0.05) is 6.54 Å². The number of nitrogens with two attached hydrogens (primary N) is 1. The molecule has 0 bridgehead atoms. The zero-order valence-corrected chi connectivity index (χ0v) is 13.5. The first-order valence-corrected chi connectivity index (χ1v) is 9.71. The minimum Gasteiger partial charge on any atom is -0.372 e. The lowest BCUT2D eigenvalue weighted by atomic mass is 10.2. The lowest BCUT2D eigenvalue weighted by Crippen LogP contribution is -2.46. The van der Waals surface area contributed by atoms with Crippen molar-refractivity contribution in [3.05, 3.63) is 0 Å². The maximum Gasteiger partial charge on any atom is 0.345 e. The molecule has 126 valence electrons. The molecule has 0 aromatic heterocycles. The van der Waals surface area contributed by atoms with Gasteiger partial charge >= 0.3 is 15.2 Å². The average Bonchev–Trinajstić information content (AvgIpc) is 2.24. The predicted molar refractivity (Wildman–Crippen MR) is 77.7 cm³/mol. The highest BCUT2D eigenvalue weighted by atomic mass is 31.2. The van der Waals surface area contributed by atoms with Crippen molar-refractivity contribution < 1.29 is 33.8 Å². The molecule has 0 saturated carbocycles. The van der Waals surface area contributed by atoms with Gasteiger partial charge in [-0.1, -0.05) is 26.2 Å². The highest BCUT2D eigenvalue weighted by Gasteiger charge is 2.48. The first kappa shape index (κ1) is 20.5. The SMILES string of the molecule is CCCCCCN=C(N)NC(O)C(P(=O)(O)O)P(=O)(O)O. The Balaban J connectivity index is 4.63. The number of nitrogens with zero attached hydrogens (tertiary/aromatic N) is 1. The molecule has 0 radical (unpaired) electrons. The van der Waals surface area contributed by atoms with Gasteiger partial charge in [-0.15, -0.1) is 0 Å². The minimum atomic E-state index is -5.24. The number of nitrogens with one attached hydrogen (secondary N) is 1. The van der Waals surface area contributed by atoms with Gasteiger partial charge in [-0.05, 0) is 6.42 Å². The zero-order chi connectivity index (χ0) is 16.7. The molecule has 10 nitrogen and oxygen atoms in total. The van der Waals surface area contributed by atoms with Crippen LogP contribution in [0.5, 0.6) is 0 Å². The van der Waals surface area contributed by atoms with Crippen LogP contribution in [0, 0.1) is 0 Å². The van der Waals surface area contributed by atoms with Gasteiger partial charge < -0.3 is 35.7 Å². The Kier molecular flexibility index (Phi) is 8.65. The summed E-state index contributed by atoms with van der Waals surface area (Å²) >= 11 is 0. The van der Waals surface area contributed by atoms with E-state index >= 15 is 0 Å². The molecule has 0 aromatic carbocycles. The molecule has 0 heterocycles. The lowest BCUT2D eigenvalue weighted by Gasteiger charge is -2.25. The molecule has 0 fully saturated rings. The number of guanidine groups is 1. The first-order valence-electron chi connectivity index (χ1n) is 6.35. The van der Waals surface area contributed by atoms with Gasteiger partial charge in [0.25, 0.3) is 0 Å². The fraction of sp³-hybridized carbons (Fsp3) is 0.889. The molecule has 0 amide bonds. The smallest absolute Gasteiger partial charge is 0.345 e. The molecule has 0 aliphatic carbocycles. The number of hydrogen-bond acceptors (Lipinski definition) is 4. The van der Waals surface area contributed by atoms with E-state index in [-0.39, 0.29) is 5.96 Å². The monoisotopic (exact) mass is 347 g/mol. The van der Waals surface area contributed by atoms with Crippen molar-refractivity contribution in [2.45, 2.75) is 44.2 Å². The van der Waals surface area contributed by atoms with E-state index in [2.05, 4.69) is 4.99 Å². The molecule has 1 unspecified atom stereocenters. The number of aliphatic hydroxyl groups excluding tert-OH is 1. The molecule has 21 heavy (non-hydrogen) atoms. The van der Waals surface area contributed by atoms with E-state index in [9.17, 15) is 14.2 Å². The van der Waals surface area contributed by atoms with Gasteiger partial charge in [-0.3, -0.25) is 14.1 Å². The Hall–Kier alpha value is -0.470. The van der Waals surface area contributed by atoms with Crippen molar-refractivity contribution in [2.75, 3.05) is 6.54 Å². The van der Waals surface area contributed by atoms with Gasteiger partial charge in [0.15, 0.2) is 12.2 Å². The van der Waals surface area contributed by atoms with E-state index in [4.69, 9.17) is 25.3 Å². The van der Waals surface area contributed by atoms with Crippen LogP contribution in [0.15, 0.2) is 4.99 Å². The fourth-order valence-corrected chi connectivity index (χ4v) is 4.03. The number of unbranched alkanes of at least 4 members (excludes halogenated alkanes) is 3. The number of rotatable bonds is 9. The van der Waals surface area contributed by atoms with E-state index in [0.29, 0.717) is 6.54 Å². The third-order valence-corrected chi connectivity index (χ3v) is 6.31. The maximum absolute atomic E-state index is 11.1. The summed E-state index contributed by atoms with van der Waals surface area (Å²) in [5, 5.41) is 8.92. The Morgan fingerprint density at radius 1 is 1.14 bits per heavy atom. The summed E-state index contributed by atoms with van der Waals surface area (Å²) in [6.45, 7) is 2.38. The van der Waals surface area contributed by atoms with E-state index in [1.54, 1.807) is 0 Å². The summed E-state index contributed by atoms with van der Waals surface area (Å²) in [5.41, 5.74) is 5.39. The van der Waals surface area contributed by atoms with Crippen molar-refractivity contribution in [1.82, 2.24) is 5.32 Å². The van der Waals surface area contributed by atoms with Gasteiger partial charge in [-0.25, -0.2) is 0 Å². The molecule has 8 N–H and O–H groups in total. The molecule has 0 aromatic rings. The van der Waals surface area contributed by atoms with Crippen molar-refractivity contribution in [3.63, 3.8) is 0 Å². The summed E-state index contributed by atoms with van der Waals surface area (Å²) < 4.78 is 22.1. The highest BCUT2D eigenvalue weighted by molar-refractivity contribution is 7.70. The second kappa shape index (κ2) is 8.85. The van der Waals surface area contributed by atoms with E-state index in [1.807, 2.05) is 12.2 Å². The molecular weight excluding hydrogens is 324 g/mol. The van der Waals surface area contributed by atoms with Gasteiger partial charge in [0.1, 0.15) is 0 Å². The van der Waals surface area contributed by atoms with Crippen molar-refractivity contribution in [1.29, 1.82) is 0 Å². The van der Waals surface area contributed by atoms with Crippen LogP contribution < -0.4 is 11.1 Å². The lowest BCUT2D eigenvalue weighted by molar-refractivity contribution is 0.153. The molecule has 12 heteroatoms. The molecule has 0 spiro atoms. The topological polar surface area (TPSA) is 186 Å². The molecule has 0 rings (SSSR count). The van der Waals surface area contributed by atoms with Crippen molar-refractivity contribution >= 4 is 21.2 Å². The summed E-state index contributed by atoms with van der Waals surface area (Å²) in [4.78, 5) is 39.4. The number of aliphatic hydroxyl groups is 1. The third-order valence-electron chi connectivity index (χ3n) is 2.56. The summed E-state index contributed by atoms with van der Waals surface area (Å²) in [6.07, 6.45) is 1.54. The largest absolute Gasteiger partial charge is 0.372 e. The van der Waals surface area contributed by atoms with Gasteiger partial charge in [0.2, 0.25) is 5.40 Å². The predicted octanol–water partition coefficient (Wildman–Crippen LogP) is -0.529. The van der Waals surface area contributed by atoms with Gasteiger partial charge in [-0.2, -0.15) is 0 Å². The Labute approximate surface area is 122 Å². The average molecular weight is 347 g/mol. The third kappa shape index (κ3) is 8.53. The second-order valence-electron chi connectivity index (χ2n) is 4.51. The Bertz CT molecular complexity index is 411. The summed E-state index contributed by atoms with van der Waals surface area (Å²) in [6, 6.07) is 0. The molecular formula is C9H23N3O7P2. The Morgan fingerprint density at radius 3 is 2.10 bits per heavy atom. The van der Waals surface area contributed by atoms with Crippen LogP contribution in [0.25, 0.3) is 0 Å². The molecule has 0 saturated heterocycles. The standard InChI is InChI=1S/C9H23N3O7P2/c1-2-3-4-5-6-11-9(10)12-7(13)8(20(14,15)16)21(17,18)19/h7-8,13H,2-6H2,1H3,(H3,10,11,12)(H2,14,15,16)(H2,17,18,19). The highest BCUT2D eigenvalue weighted by Crippen LogP contribution is 2.60. The first-order chi connectivity index (χ1) is 9.50. The van der Waals surface area contributed by atoms with Crippen LogP contribution in [0.2, 0.25) is 0 Å². The van der Waals surface area contributed by atoms with Gasteiger partial charge in [0.05, 0.1) is 0 Å². The van der Waals surface area contributed by atoms with Crippen LogP contribution >= 0.6 is 15.2 Å². The molecule has 1 atom stereocenters. The van der Waals surface area contributed by atoms with Crippen LogP contribution in [0.4, 0.5) is 0 Å². The number of hydrogen-bond donors (Lipinski definition) is 7. The van der Waals surface area contributed by atoms with E-state index < -0.39 is 26.8 Å². The van der Waals surface area contributed by atoms with E-state index in [0.717, 1.165) is 25.7 Å². The van der Waals surface area contributed by atoms with Crippen LogP contribution in [-0.2, 0) is 9.13 Å².